The van der Waals surface area contributed by atoms with Gasteiger partial charge in [0.1, 0.15) is 15.7 Å². The Bertz CT molecular complexity index is 1220. The Labute approximate surface area is 191 Å². The standard InChI is InChI=1S/C22H18N4O2S3/c1-13-21(31-22(23-13)18-7-4-10-29-18)17-8-9-20(26-25-17)30-12-19(28)24-16-6-3-5-15(11-16)14(2)27/h3-11H,12H2,1-2H3,(H,24,28). The van der Waals surface area contributed by atoms with Crippen LogP contribution in [-0.4, -0.2) is 32.6 Å². The van der Waals surface area contributed by atoms with Gasteiger partial charge >= 0.3 is 0 Å². The molecule has 3 heterocycles. The Kier molecular flexibility index (Phi) is 6.55. The highest BCUT2D eigenvalue weighted by Crippen LogP contribution is 2.36. The molecule has 6 nitrogen and oxygen atoms in total. The average molecular weight is 467 g/mol. The van der Waals surface area contributed by atoms with Crippen molar-refractivity contribution in [2.24, 2.45) is 0 Å². The van der Waals surface area contributed by atoms with Gasteiger partial charge in [-0.1, -0.05) is 30.0 Å². The maximum absolute atomic E-state index is 12.2. The van der Waals surface area contributed by atoms with Crippen LogP contribution in [0.4, 0.5) is 5.69 Å². The van der Waals surface area contributed by atoms with Gasteiger partial charge in [0.05, 0.1) is 21.2 Å². The van der Waals surface area contributed by atoms with Gasteiger partial charge < -0.3 is 5.32 Å². The first-order valence-corrected chi connectivity index (χ1v) is 12.1. The van der Waals surface area contributed by atoms with Crippen molar-refractivity contribution in [1.29, 1.82) is 0 Å². The van der Waals surface area contributed by atoms with Crippen LogP contribution in [0.5, 0.6) is 0 Å². The number of thioether (sulfide) groups is 1. The fourth-order valence-corrected chi connectivity index (χ4v) is 5.25. The third kappa shape index (κ3) is 5.25. The number of amides is 1. The van der Waals surface area contributed by atoms with Gasteiger partial charge in [-0.25, -0.2) is 4.98 Å². The molecule has 156 valence electrons. The average Bonchev–Trinajstić information content (AvgIpc) is 3.43. The first-order chi connectivity index (χ1) is 15.0. The number of thiazole rings is 1. The van der Waals surface area contributed by atoms with E-state index in [4.69, 9.17) is 0 Å². The lowest BCUT2D eigenvalue weighted by Gasteiger charge is -2.06. The Morgan fingerprint density at radius 2 is 1.97 bits per heavy atom. The minimum Gasteiger partial charge on any atom is -0.325 e. The van der Waals surface area contributed by atoms with Crippen LogP contribution in [0.25, 0.3) is 20.5 Å². The second kappa shape index (κ2) is 9.51. The summed E-state index contributed by atoms with van der Waals surface area (Å²) in [5, 5.41) is 15.1. The SMILES string of the molecule is CC(=O)c1cccc(NC(=O)CSc2ccc(-c3sc(-c4cccs4)nc3C)nn2)c1. The van der Waals surface area contributed by atoms with Gasteiger partial charge in [0.25, 0.3) is 0 Å². The lowest BCUT2D eigenvalue weighted by Crippen LogP contribution is -2.14. The van der Waals surface area contributed by atoms with Crippen molar-refractivity contribution in [2.75, 3.05) is 11.1 Å². The van der Waals surface area contributed by atoms with Crippen molar-refractivity contribution in [2.45, 2.75) is 18.9 Å². The molecule has 0 radical (unpaired) electrons. The van der Waals surface area contributed by atoms with Crippen LogP contribution >= 0.6 is 34.4 Å². The van der Waals surface area contributed by atoms with E-state index in [0.29, 0.717) is 16.3 Å². The normalized spacial score (nSPS) is 10.8. The van der Waals surface area contributed by atoms with Gasteiger partial charge in [0, 0.05) is 11.3 Å². The van der Waals surface area contributed by atoms with E-state index < -0.39 is 0 Å². The van der Waals surface area contributed by atoms with Gasteiger partial charge in [0.15, 0.2) is 5.78 Å². The Morgan fingerprint density at radius 3 is 2.68 bits per heavy atom. The number of aryl methyl sites for hydroxylation is 1. The molecule has 4 aromatic rings. The zero-order valence-electron chi connectivity index (χ0n) is 16.8. The summed E-state index contributed by atoms with van der Waals surface area (Å²) in [4.78, 5) is 30.5. The molecule has 0 aliphatic carbocycles. The summed E-state index contributed by atoms with van der Waals surface area (Å²) in [6.45, 7) is 3.47. The molecule has 0 saturated heterocycles. The number of hydrogen-bond acceptors (Lipinski definition) is 8. The van der Waals surface area contributed by atoms with Crippen LogP contribution in [-0.2, 0) is 4.79 Å². The highest BCUT2D eigenvalue weighted by atomic mass is 32.2. The van der Waals surface area contributed by atoms with Crippen LogP contribution in [0.1, 0.15) is 23.0 Å². The lowest BCUT2D eigenvalue weighted by molar-refractivity contribution is -0.113. The van der Waals surface area contributed by atoms with Crippen molar-refractivity contribution in [1.82, 2.24) is 15.2 Å². The summed E-state index contributed by atoms with van der Waals surface area (Å²) in [7, 11) is 0. The molecule has 3 aromatic heterocycles. The van der Waals surface area contributed by atoms with Crippen molar-refractivity contribution in [3.8, 4) is 20.5 Å². The van der Waals surface area contributed by atoms with Gasteiger partial charge in [-0.2, -0.15) is 0 Å². The summed E-state index contributed by atoms with van der Waals surface area (Å²) in [5.74, 6) is -0.0181. The van der Waals surface area contributed by atoms with E-state index in [1.54, 1.807) is 46.9 Å². The number of benzene rings is 1. The maximum Gasteiger partial charge on any atom is 0.234 e. The Hall–Kier alpha value is -2.88. The number of carbonyl (C=O) groups is 2. The first kappa shape index (κ1) is 21.4. The number of Topliss-reactive ketones (excluding diaryl/α,β-unsaturated/α-hetero) is 1. The van der Waals surface area contributed by atoms with Crippen LogP contribution < -0.4 is 5.32 Å². The number of nitrogens with zero attached hydrogens (tertiary/aromatic N) is 3. The number of ketones is 1. The molecular formula is C22H18N4O2S3. The molecule has 0 unspecified atom stereocenters. The zero-order chi connectivity index (χ0) is 21.8. The summed E-state index contributed by atoms with van der Waals surface area (Å²) >= 11 is 4.57. The van der Waals surface area contributed by atoms with Gasteiger partial charge in [-0.05, 0) is 49.6 Å². The van der Waals surface area contributed by atoms with Gasteiger partial charge in [-0.3, -0.25) is 9.59 Å². The topological polar surface area (TPSA) is 84.8 Å². The van der Waals surface area contributed by atoms with Crippen LogP contribution in [0, 0.1) is 6.92 Å². The van der Waals surface area contributed by atoms with Crippen LogP contribution in [0.15, 0.2) is 58.9 Å². The highest BCUT2D eigenvalue weighted by Gasteiger charge is 2.14. The summed E-state index contributed by atoms with van der Waals surface area (Å²) < 4.78 is 0. The van der Waals surface area contributed by atoms with E-state index in [9.17, 15) is 9.59 Å². The van der Waals surface area contributed by atoms with E-state index in [2.05, 4.69) is 26.6 Å². The Morgan fingerprint density at radius 1 is 1.10 bits per heavy atom. The van der Waals surface area contributed by atoms with E-state index in [1.807, 2.05) is 30.5 Å². The molecule has 1 amide bonds. The van der Waals surface area contributed by atoms with Gasteiger partial charge in [-0.15, -0.1) is 32.9 Å². The largest absolute Gasteiger partial charge is 0.325 e. The molecule has 1 N–H and O–H groups in total. The van der Waals surface area contributed by atoms with E-state index >= 15 is 0 Å². The molecule has 0 atom stereocenters. The van der Waals surface area contributed by atoms with Crippen LogP contribution in [0.2, 0.25) is 0 Å². The quantitative estimate of drug-likeness (QED) is 0.283. The minimum absolute atomic E-state index is 0.0421. The minimum atomic E-state index is -0.171. The third-order valence-corrected chi connectivity index (χ3v) is 7.44. The number of anilines is 1. The molecule has 4 rings (SSSR count). The number of aromatic nitrogens is 3. The number of hydrogen-bond donors (Lipinski definition) is 1. The number of nitrogens with one attached hydrogen (secondary N) is 1. The predicted octanol–water partition coefficient (Wildman–Crippen LogP) is 5.57. The molecule has 9 heteroatoms. The van der Waals surface area contributed by atoms with Gasteiger partial charge in [0.2, 0.25) is 5.91 Å². The molecule has 0 fully saturated rings. The highest BCUT2D eigenvalue weighted by molar-refractivity contribution is 7.99. The fourth-order valence-electron chi connectivity index (χ4n) is 2.81. The number of thiophene rings is 1. The molecular weight excluding hydrogens is 448 g/mol. The van der Waals surface area contributed by atoms with Crippen LogP contribution in [0.3, 0.4) is 0 Å². The zero-order valence-corrected chi connectivity index (χ0v) is 19.2. The van der Waals surface area contributed by atoms with Crippen molar-refractivity contribution in [3.05, 3.63) is 65.2 Å². The molecule has 0 aliphatic heterocycles. The first-order valence-electron chi connectivity index (χ1n) is 9.38. The smallest absolute Gasteiger partial charge is 0.234 e. The predicted molar refractivity (Wildman–Crippen MR) is 127 cm³/mol. The second-order valence-electron chi connectivity index (χ2n) is 6.64. The number of rotatable bonds is 7. The third-order valence-electron chi connectivity index (χ3n) is 4.31. The molecule has 1 aromatic carbocycles. The second-order valence-corrected chi connectivity index (χ2v) is 9.58. The summed E-state index contributed by atoms with van der Waals surface area (Å²) in [5.41, 5.74) is 2.86. The lowest BCUT2D eigenvalue weighted by atomic mass is 10.1. The molecule has 0 saturated carbocycles. The maximum atomic E-state index is 12.2. The monoisotopic (exact) mass is 466 g/mol. The Balaban J connectivity index is 1.37. The molecule has 0 bridgehead atoms. The van der Waals surface area contributed by atoms with E-state index in [1.165, 1.54) is 18.7 Å². The molecule has 0 spiro atoms. The van der Waals surface area contributed by atoms with E-state index in [0.717, 1.165) is 26.1 Å². The molecule has 0 aliphatic rings. The van der Waals surface area contributed by atoms with E-state index in [-0.39, 0.29) is 17.4 Å². The van der Waals surface area contributed by atoms with Crippen molar-refractivity contribution < 1.29 is 9.59 Å². The number of carbonyl (C=O) groups excluding carboxylic acids is 2. The van der Waals surface area contributed by atoms with Crippen molar-refractivity contribution in [3.63, 3.8) is 0 Å². The fraction of sp³-hybridized carbons (Fsp3) is 0.136. The van der Waals surface area contributed by atoms with Crippen molar-refractivity contribution >= 4 is 51.8 Å². The molecule has 31 heavy (non-hydrogen) atoms. The summed E-state index contributed by atoms with van der Waals surface area (Å²) in [6.07, 6.45) is 0. The summed E-state index contributed by atoms with van der Waals surface area (Å²) in [6, 6.07) is 14.7.